The topological polar surface area (TPSA) is 21.3 Å². The van der Waals surface area contributed by atoms with Crippen LogP contribution in [0.4, 0.5) is 0 Å². The van der Waals surface area contributed by atoms with Gasteiger partial charge in [0.05, 0.1) is 0 Å². The van der Waals surface area contributed by atoms with Crippen LogP contribution in [-0.4, -0.2) is 5.60 Å². The molecule has 0 bridgehead atoms. The van der Waals surface area contributed by atoms with E-state index in [0.29, 0.717) is 0 Å². The summed E-state index contributed by atoms with van der Waals surface area (Å²) in [5.41, 5.74) is 2.52. The Morgan fingerprint density at radius 2 is 1.82 bits per heavy atom. The maximum Gasteiger partial charge on any atom is 0.125 e. The molecular weight excluding hydrogens is 366 g/mol. The van der Waals surface area contributed by atoms with Crippen LogP contribution in [0, 0.1) is 0 Å². The molecule has 1 N–H and O–H groups in total. The summed E-state index contributed by atoms with van der Waals surface area (Å²) in [7, 11) is 0. The highest BCUT2D eigenvalue weighted by atomic mass is 35.5. The zero-order valence-corrected chi connectivity index (χ0v) is 17.0. The zero-order chi connectivity index (χ0) is 19.1. The van der Waals surface area contributed by atoms with Crippen molar-refractivity contribution in [1.82, 2.24) is 5.32 Å². The Morgan fingerprint density at radius 3 is 2.68 bits per heavy atom. The minimum atomic E-state index is -0.0169. The summed E-state index contributed by atoms with van der Waals surface area (Å²) in [4.78, 5) is 0. The van der Waals surface area contributed by atoms with Crippen molar-refractivity contribution in [1.29, 1.82) is 0 Å². The maximum atomic E-state index is 6.52. The first kappa shape index (κ1) is 18.0. The summed E-state index contributed by atoms with van der Waals surface area (Å²) in [5, 5.41) is 7.30. The zero-order valence-electron chi connectivity index (χ0n) is 16.2. The van der Waals surface area contributed by atoms with E-state index in [9.17, 15) is 0 Å². The van der Waals surface area contributed by atoms with Crippen LogP contribution >= 0.6 is 11.6 Å². The van der Waals surface area contributed by atoms with Gasteiger partial charge in [0.1, 0.15) is 11.4 Å². The van der Waals surface area contributed by atoms with Crippen LogP contribution in [0.3, 0.4) is 0 Å². The number of benzene rings is 3. The molecule has 1 heterocycles. The van der Waals surface area contributed by atoms with Crippen molar-refractivity contribution in [2.45, 2.75) is 56.7 Å². The average molecular weight is 392 g/mol. The standard InChI is InChI=1S/C25H26ClNO/c1-17(20-10-6-8-18-7-2-3-9-21(18)20)27-23-16-25(13-4-5-14-25)28-24-12-11-19(26)15-22(23)24/h2-3,6-12,15,17,23,27H,4-5,13-14,16H2,1H3/t17?,23-/m1/s1. The third-order valence-electron chi connectivity index (χ3n) is 6.51. The van der Waals surface area contributed by atoms with E-state index in [0.717, 1.165) is 30.0 Å². The fraction of sp³-hybridized carbons (Fsp3) is 0.360. The lowest BCUT2D eigenvalue weighted by molar-refractivity contribution is 0.0351. The highest BCUT2D eigenvalue weighted by Gasteiger charge is 2.43. The third-order valence-corrected chi connectivity index (χ3v) is 6.74. The molecule has 0 saturated heterocycles. The molecular formula is C25H26ClNO. The van der Waals surface area contributed by atoms with Gasteiger partial charge in [-0.1, -0.05) is 54.1 Å². The summed E-state index contributed by atoms with van der Waals surface area (Å²) in [6, 6.07) is 21.8. The molecule has 1 saturated carbocycles. The molecule has 3 aromatic rings. The number of hydrogen-bond donors (Lipinski definition) is 1. The van der Waals surface area contributed by atoms with Gasteiger partial charge >= 0.3 is 0 Å². The monoisotopic (exact) mass is 391 g/mol. The molecule has 28 heavy (non-hydrogen) atoms. The molecule has 1 aliphatic carbocycles. The van der Waals surface area contributed by atoms with E-state index in [2.05, 4.69) is 60.8 Å². The second kappa shape index (κ2) is 7.09. The Bertz CT molecular complexity index is 1000. The molecule has 3 heteroatoms. The van der Waals surface area contributed by atoms with Crippen molar-refractivity contribution < 1.29 is 4.74 Å². The predicted octanol–water partition coefficient (Wildman–Crippen LogP) is 6.98. The van der Waals surface area contributed by atoms with Crippen molar-refractivity contribution in [2.75, 3.05) is 0 Å². The minimum Gasteiger partial charge on any atom is -0.487 e. The average Bonchev–Trinajstić information content (AvgIpc) is 3.15. The summed E-state index contributed by atoms with van der Waals surface area (Å²) >= 11 is 6.34. The summed E-state index contributed by atoms with van der Waals surface area (Å²) in [6.45, 7) is 2.27. The van der Waals surface area contributed by atoms with Gasteiger partial charge in [0.2, 0.25) is 0 Å². The van der Waals surface area contributed by atoms with Gasteiger partial charge in [-0.15, -0.1) is 0 Å². The Kier molecular flexibility index (Phi) is 4.57. The first-order chi connectivity index (χ1) is 13.6. The summed E-state index contributed by atoms with van der Waals surface area (Å²) in [5.74, 6) is 1.00. The lowest BCUT2D eigenvalue weighted by atomic mass is 9.85. The quantitative estimate of drug-likeness (QED) is 0.519. The van der Waals surface area contributed by atoms with E-state index in [1.165, 1.54) is 34.7 Å². The molecule has 0 amide bonds. The molecule has 0 aromatic heterocycles. The first-order valence-electron chi connectivity index (χ1n) is 10.4. The fourth-order valence-electron chi connectivity index (χ4n) is 5.14. The maximum absolute atomic E-state index is 6.52. The molecule has 1 aliphatic heterocycles. The van der Waals surface area contributed by atoms with Gasteiger partial charge in [-0.25, -0.2) is 0 Å². The molecule has 1 spiro atoms. The van der Waals surface area contributed by atoms with Gasteiger partial charge in [-0.3, -0.25) is 0 Å². The van der Waals surface area contributed by atoms with Crippen molar-refractivity contribution >= 4 is 22.4 Å². The molecule has 0 radical (unpaired) electrons. The van der Waals surface area contributed by atoms with E-state index in [-0.39, 0.29) is 17.7 Å². The van der Waals surface area contributed by atoms with E-state index in [4.69, 9.17) is 16.3 Å². The molecule has 1 unspecified atom stereocenters. The Hall–Kier alpha value is -2.03. The van der Waals surface area contributed by atoms with Crippen LogP contribution in [0.1, 0.15) is 62.2 Å². The van der Waals surface area contributed by atoms with Gasteiger partial charge in [-0.05, 0) is 67.1 Å². The number of halogens is 1. The van der Waals surface area contributed by atoms with Crippen molar-refractivity contribution in [3.63, 3.8) is 0 Å². The van der Waals surface area contributed by atoms with Crippen molar-refractivity contribution in [3.05, 3.63) is 76.8 Å². The van der Waals surface area contributed by atoms with E-state index >= 15 is 0 Å². The lowest BCUT2D eigenvalue weighted by Crippen LogP contribution is -2.42. The largest absolute Gasteiger partial charge is 0.487 e. The molecule has 144 valence electrons. The van der Waals surface area contributed by atoms with E-state index in [1.54, 1.807) is 0 Å². The van der Waals surface area contributed by atoms with Crippen LogP contribution < -0.4 is 10.1 Å². The molecule has 2 nitrogen and oxygen atoms in total. The van der Waals surface area contributed by atoms with E-state index < -0.39 is 0 Å². The van der Waals surface area contributed by atoms with Gasteiger partial charge in [0.15, 0.2) is 0 Å². The van der Waals surface area contributed by atoms with Gasteiger partial charge in [0.25, 0.3) is 0 Å². The number of nitrogens with one attached hydrogen (secondary N) is 1. The van der Waals surface area contributed by atoms with Crippen molar-refractivity contribution in [3.8, 4) is 5.75 Å². The van der Waals surface area contributed by atoms with Crippen LogP contribution in [0.5, 0.6) is 5.75 Å². The van der Waals surface area contributed by atoms with Gasteiger partial charge in [0, 0.05) is 29.1 Å². The highest BCUT2D eigenvalue weighted by molar-refractivity contribution is 6.30. The van der Waals surface area contributed by atoms with Crippen LogP contribution in [0.2, 0.25) is 5.02 Å². The Balaban J connectivity index is 1.50. The number of rotatable bonds is 3. The lowest BCUT2D eigenvalue weighted by Gasteiger charge is -2.41. The van der Waals surface area contributed by atoms with Crippen LogP contribution in [0.25, 0.3) is 10.8 Å². The van der Waals surface area contributed by atoms with Crippen molar-refractivity contribution in [2.24, 2.45) is 0 Å². The number of ether oxygens (including phenoxy) is 1. The second-order valence-corrected chi connectivity index (χ2v) is 8.82. The SMILES string of the molecule is CC(N[C@@H]1CC2(CCCC2)Oc2ccc(Cl)cc21)c1cccc2ccccc12. The molecule has 2 aliphatic rings. The van der Waals surface area contributed by atoms with Crippen LogP contribution in [0.15, 0.2) is 60.7 Å². The fourth-order valence-corrected chi connectivity index (χ4v) is 5.32. The van der Waals surface area contributed by atoms with Gasteiger partial charge < -0.3 is 10.1 Å². The van der Waals surface area contributed by atoms with Gasteiger partial charge in [-0.2, -0.15) is 0 Å². The number of hydrogen-bond acceptors (Lipinski definition) is 2. The second-order valence-electron chi connectivity index (χ2n) is 8.39. The first-order valence-corrected chi connectivity index (χ1v) is 10.7. The predicted molar refractivity (Wildman–Crippen MR) is 116 cm³/mol. The summed E-state index contributed by atoms with van der Waals surface area (Å²) < 4.78 is 6.52. The third kappa shape index (κ3) is 3.19. The molecule has 5 rings (SSSR count). The number of fused-ring (bicyclic) bond motifs is 2. The Morgan fingerprint density at radius 1 is 1.04 bits per heavy atom. The van der Waals surface area contributed by atoms with E-state index in [1.807, 2.05) is 12.1 Å². The smallest absolute Gasteiger partial charge is 0.125 e. The highest BCUT2D eigenvalue weighted by Crippen LogP contribution is 2.48. The molecule has 3 aromatic carbocycles. The normalized spacial score (nSPS) is 21.4. The molecule has 2 atom stereocenters. The minimum absolute atomic E-state index is 0.0169. The summed E-state index contributed by atoms with van der Waals surface area (Å²) in [6.07, 6.45) is 5.82. The molecule has 1 fully saturated rings. The Labute approximate surface area is 171 Å². The van der Waals surface area contributed by atoms with Crippen LogP contribution in [-0.2, 0) is 0 Å².